The third kappa shape index (κ3) is 47.1. The molecule has 0 aromatic heterocycles. The molecular formula is C38H80INO3. The number of quaternary nitrogens is 1. The molecule has 0 aliphatic carbocycles. The number of rotatable bonds is 34. The molecule has 0 amide bonds. The standard InChI is InChI=1S/C38H80N.IO3/c1-5-7-9-11-13-15-17-19-21-23-25-27-29-31-33-35-37-39(3,4)38-36-34-32-30-28-26-24-22-20-18-16-14-12-10-8-6-2;2-1(3)4/h5-38H2,1-4H3;/q+1;-1. The summed E-state index contributed by atoms with van der Waals surface area (Å²) in [6, 6.07) is 0. The first-order valence-electron chi connectivity index (χ1n) is 19.4. The van der Waals surface area contributed by atoms with Gasteiger partial charge < -0.3 is 14.8 Å². The summed E-state index contributed by atoms with van der Waals surface area (Å²) in [6.07, 6.45) is 46.9. The van der Waals surface area contributed by atoms with Crippen LogP contribution in [0, 0.1) is 0 Å². The summed E-state index contributed by atoms with van der Waals surface area (Å²) in [7, 11) is 4.94. The van der Waals surface area contributed by atoms with Gasteiger partial charge in [0.15, 0.2) is 0 Å². The Morgan fingerprint density at radius 1 is 0.302 bits per heavy atom. The maximum absolute atomic E-state index is 8.57. The molecule has 0 saturated heterocycles. The number of halogens is 1. The van der Waals surface area contributed by atoms with Crippen LogP contribution in [0.3, 0.4) is 0 Å². The van der Waals surface area contributed by atoms with E-state index < -0.39 is 21.1 Å². The molecule has 0 aliphatic heterocycles. The molecule has 0 fully saturated rings. The van der Waals surface area contributed by atoms with Crippen LogP contribution in [0.15, 0.2) is 0 Å². The molecule has 262 valence electrons. The molecule has 5 heteroatoms. The molecule has 0 aliphatic rings. The highest BCUT2D eigenvalue weighted by Gasteiger charge is 2.13. The first kappa shape index (κ1) is 45.7. The second-order valence-corrected chi connectivity index (χ2v) is 15.3. The van der Waals surface area contributed by atoms with Gasteiger partial charge in [-0.15, -0.1) is 0 Å². The van der Waals surface area contributed by atoms with Gasteiger partial charge >= 0.3 is 0 Å². The summed E-state index contributed by atoms with van der Waals surface area (Å²) in [6.45, 7) is 7.39. The minimum atomic E-state index is -4.01. The molecular weight excluding hydrogens is 645 g/mol. The van der Waals surface area contributed by atoms with Gasteiger partial charge in [-0.1, -0.05) is 194 Å². The van der Waals surface area contributed by atoms with Crippen LogP contribution in [-0.2, 0) is 0 Å². The topological polar surface area (TPSA) is 69.2 Å². The fourth-order valence-corrected chi connectivity index (χ4v) is 6.29. The van der Waals surface area contributed by atoms with E-state index in [9.17, 15) is 0 Å². The zero-order valence-corrected chi connectivity index (χ0v) is 32.2. The SMILES string of the molecule is CCCCCCCCCCCCCCCCCC[N+](C)(C)CCCCCCCCCCCCCCCCCC.[O-][I+2]([O-])[O-]. The lowest BCUT2D eigenvalue weighted by molar-refractivity contribution is -1.73. The molecule has 0 rings (SSSR count). The van der Waals surface area contributed by atoms with E-state index in [4.69, 9.17) is 10.3 Å². The minimum absolute atomic E-state index is 1.25. The molecule has 0 atom stereocenters. The Labute approximate surface area is 281 Å². The first-order chi connectivity index (χ1) is 20.9. The van der Waals surface area contributed by atoms with Crippen molar-refractivity contribution in [1.29, 1.82) is 0 Å². The van der Waals surface area contributed by atoms with Crippen LogP contribution < -0.4 is 31.4 Å². The van der Waals surface area contributed by atoms with Crippen LogP contribution >= 0.6 is 0 Å². The zero-order valence-electron chi connectivity index (χ0n) is 30.1. The fraction of sp³-hybridized carbons (Fsp3) is 1.00. The minimum Gasteiger partial charge on any atom is -0.427 e. The van der Waals surface area contributed by atoms with Gasteiger partial charge in [-0.25, -0.2) is 0 Å². The van der Waals surface area contributed by atoms with Gasteiger partial charge in [-0.05, 0) is 25.7 Å². The lowest BCUT2D eigenvalue weighted by atomic mass is 10.0. The number of hydrogen-bond donors (Lipinski definition) is 0. The van der Waals surface area contributed by atoms with Gasteiger partial charge in [0, 0.05) is 0 Å². The second-order valence-electron chi connectivity index (χ2n) is 14.2. The highest BCUT2D eigenvalue weighted by atomic mass is 127. The van der Waals surface area contributed by atoms with Gasteiger partial charge in [-0.3, -0.25) is 0 Å². The molecule has 0 heterocycles. The van der Waals surface area contributed by atoms with E-state index in [1.165, 1.54) is 223 Å². The zero-order chi connectivity index (χ0) is 32.1. The van der Waals surface area contributed by atoms with Crippen molar-refractivity contribution in [3.63, 3.8) is 0 Å². The molecule has 0 bridgehead atoms. The summed E-state index contributed by atoms with van der Waals surface area (Å²) in [5.41, 5.74) is 0. The maximum Gasteiger partial charge on any atom is 0.282 e. The van der Waals surface area contributed by atoms with Crippen molar-refractivity contribution < 1.29 is 35.9 Å². The summed E-state index contributed by atoms with van der Waals surface area (Å²) >= 11 is -4.01. The Morgan fingerprint density at radius 3 is 0.605 bits per heavy atom. The van der Waals surface area contributed by atoms with Crippen molar-refractivity contribution in [2.45, 2.75) is 219 Å². The van der Waals surface area contributed by atoms with E-state index in [2.05, 4.69) is 27.9 Å². The summed E-state index contributed by atoms with van der Waals surface area (Å²) in [4.78, 5) is 0. The Bertz CT molecular complexity index is 449. The predicted molar refractivity (Wildman–Crippen MR) is 181 cm³/mol. The third-order valence-electron chi connectivity index (χ3n) is 9.23. The predicted octanol–water partition coefficient (Wildman–Crippen LogP) is 7.02. The van der Waals surface area contributed by atoms with Gasteiger partial charge in [0.25, 0.3) is 21.1 Å². The van der Waals surface area contributed by atoms with Crippen LogP contribution in [-0.4, -0.2) is 31.7 Å². The quantitative estimate of drug-likeness (QED) is 0.0407. The molecule has 0 aromatic rings. The summed E-state index contributed by atoms with van der Waals surface area (Å²) in [5.74, 6) is 0. The fourth-order valence-electron chi connectivity index (χ4n) is 6.29. The number of unbranched alkanes of at least 4 members (excludes halogenated alkanes) is 30. The molecule has 0 aromatic carbocycles. The average Bonchev–Trinajstić information content (AvgIpc) is 2.96. The van der Waals surface area contributed by atoms with E-state index >= 15 is 0 Å². The van der Waals surface area contributed by atoms with Gasteiger partial charge in [0.1, 0.15) is 0 Å². The summed E-state index contributed by atoms with van der Waals surface area (Å²) < 4.78 is 27.0. The van der Waals surface area contributed by atoms with Crippen molar-refractivity contribution in [1.82, 2.24) is 0 Å². The number of hydrogen-bond acceptors (Lipinski definition) is 3. The van der Waals surface area contributed by atoms with Crippen LogP contribution in [0.5, 0.6) is 0 Å². The molecule has 0 radical (unpaired) electrons. The van der Waals surface area contributed by atoms with Crippen molar-refractivity contribution in [3.8, 4) is 0 Å². The van der Waals surface area contributed by atoms with E-state index in [-0.39, 0.29) is 0 Å². The molecule has 0 N–H and O–H groups in total. The monoisotopic (exact) mass is 726 g/mol. The van der Waals surface area contributed by atoms with Gasteiger partial charge in [0.05, 0.1) is 27.2 Å². The van der Waals surface area contributed by atoms with Gasteiger partial charge in [-0.2, -0.15) is 0 Å². The Morgan fingerprint density at radius 2 is 0.442 bits per heavy atom. The van der Waals surface area contributed by atoms with Crippen molar-refractivity contribution in [2.75, 3.05) is 27.2 Å². The van der Waals surface area contributed by atoms with Crippen molar-refractivity contribution in [2.24, 2.45) is 0 Å². The van der Waals surface area contributed by atoms with Crippen LogP contribution in [0.25, 0.3) is 0 Å². The highest BCUT2D eigenvalue weighted by Crippen LogP contribution is 2.16. The smallest absolute Gasteiger partial charge is 0.282 e. The molecule has 43 heavy (non-hydrogen) atoms. The van der Waals surface area contributed by atoms with Crippen molar-refractivity contribution in [3.05, 3.63) is 0 Å². The molecule has 0 spiro atoms. The number of nitrogens with zero attached hydrogens (tertiary/aromatic N) is 1. The summed E-state index contributed by atoms with van der Waals surface area (Å²) in [5, 5.41) is 0. The van der Waals surface area contributed by atoms with Crippen LogP contribution in [0.4, 0.5) is 0 Å². The molecule has 0 unspecified atom stereocenters. The molecule has 4 nitrogen and oxygen atoms in total. The average molecular weight is 726 g/mol. The Hall–Kier alpha value is 0.570. The van der Waals surface area contributed by atoms with Crippen molar-refractivity contribution >= 4 is 0 Å². The lowest BCUT2D eigenvalue weighted by Gasteiger charge is -2.30. The highest BCUT2D eigenvalue weighted by molar-refractivity contribution is 4.52. The van der Waals surface area contributed by atoms with Crippen LogP contribution in [0.2, 0.25) is 0 Å². The normalized spacial score (nSPS) is 11.7. The van der Waals surface area contributed by atoms with E-state index in [0.29, 0.717) is 0 Å². The Kier molecular flexibility index (Phi) is 41.2. The molecule has 0 saturated carbocycles. The van der Waals surface area contributed by atoms with Crippen LogP contribution in [0.1, 0.15) is 219 Å². The second kappa shape index (κ2) is 38.8. The van der Waals surface area contributed by atoms with Gasteiger partial charge in [0.2, 0.25) is 0 Å². The largest absolute Gasteiger partial charge is 0.427 e. The van der Waals surface area contributed by atoms with E-state index in [0.717, 1.165) is 0 Å². The lowest BCUT2D eigenvalue weighted by Crippen LogP contribution is -4.05. The maximum atomic E-state index is 8.57. The Balaban J connectivity index is 0. The third-order valence-corrected chi connectivity index (χ3v) is 9.23. The first-order valence-corrected chi connectivity index (χ1v) is 22.0. The van der Waals surface area contributed by atoms with E-state index in [1.54, 1.807) is 0 Å². The van der Waals surface area contributed by atoms with E-state index in [1.807, 2.05) is 0 Å².